The van der Waals surface area contributed by atoms with Crippen LogP contribution in [0, 0.1) is 11.3 Å². The van der Waals surface area contributed by atoms with Gasteiger partial charge in [0.25, 0.3) is 0 Å². The second-order valence-electron chi connectivity index (χ2n) is 5.80. The van der Waals surface area contributed by atoms with Gasteiger partial charge in [0.1, 0.15) is 5.41 Å². The van der Waals surface area contributed by atoms with Crippen LogP contribution in [0.1, 0.15) is 46.5 Å². The highest BCUT2D eigenvalue weighted by Gasteiger charge is 2.44. The van der Waals surface area contributed by atoms with Crippen molar-refractivity contribution in [1.82, 2.24) is 5.32 Å². The molecule has 4 N–H and O–H groups in total. The van der Waals surface area contributed by atoms with Gasteiger partial charge in [0.2, 0.25) is 5.91 Å². The number of hydrogen-bond donors (Lipinski definition) is 3. The van der Waals surface area contributed by atoms with Crippen molar-refractivity contribution in [1.29, 1.82) is 0 Å². The number of ether oxygens (including phenoxy) is 1. The molecule has 0 aromatic heterocycles. The Morgan fingerprint density at radius 3 is 2.55 bits per heavy atom. The summed E-state index contributed by atoms with van der Waals surface area (Å²) in [6.07, 6.45) is 2.90. The van der Waals surface area contributed by atoms with E-state index in [0.29, 0.717) is 32.0 Å². The summed E-state index contributed by atoms with van der Waals surface area (Å²) in [4.78, 5) is 12.6. The van der Waals surface area contributed by atoms with Crippen LogP contribution in [-0.2, 0) is 9.53 Å². The van der Waals surface area contributed by atoms with Gasteiger partial charge in [-0.3, -0.25) is 4.79 Å². The maximum atomic E-state index is 12.6. The highest BCUT2D eigenvalue weighted by atomic mass is 16.5. The van der Waals surface area contributed by atoms with E-state index in [0.717, 1.165) is 12.8 Å². The third-order valence-corrected chi connectivity index (χ3v) is 4.21. The molecule has 1 heterocycles. The lowest BCUT2D eigenvalue weighted by Crippen LogP contribution is -2.54. The standard InChI is InChI=1S/C14H27N3O3/c1-4-10(2)9-11(3)16-13(18)14(12(15)17-19)5-7-20-8-6-14/h10-11,19H,4-9H2,1-3H3,(H2,15,17)(H,16,18). The van der Waals surface area contributed by atoms with E-state index in [9.17, 15) is 4.79 Å². The van der Waals surface area contributed by atoms with E-state index in [4.69, 9.17) is 15.7 Å². The Kier molecular flexibility index (Phi) is 6.26. The minimum atomic E-state index is -0.934. The molecule has 6 nitrogen and oxygen atoms in total. The smallest absolute Gasteiger partial charge is 0.234 e. The Balaban J connectivity index is 2.74. The summed E-state index contributed by atoms with van der Waals surface area (Å²) < 4.78 is 5.28. The molecule has 20 heavy (non-hydrogen) atoms. The number of rotatable bonds is 6. The van der Waals surface area contributed by atoms with Crippen molar-refractivity contribution >= 4 is 11.7 Å². The number of oxime groups is 1. The Morgan fingerprint density at radius 1 is 1.45 bits per heavy atom. The molecular formula is C14H27N3O3. The third-order valence-electron chi connectivity index (χ3n) is 4.21. The van der Waals surface area contributed by atoms with Crippen molar-refractivity contribution in [2.75, 3.05) is 13.2 Å². The number of nitrogens with one attached hydrogen (secondary N) is 1. The second-order valence-corrected chi connectivity index (χ2v) is 5.80. The van der Waals surface area contributed by atoms with Crippen LogP contribution in [0.4, 0.5) is 0 Å². The van der Waals surface area contributed by atoms with Crippen LogP contribution < -0.4 is 11.1 Å². The van der Waals surface area contributed by atoms with Crippen molar-refractivity contribution in [3.8, 4) is 0 Å². The lowest BCUT2D eigenvalue weighted by molar-refractivity contribution is -0.132. The van der Waals surface area contributed by atoms with E-state index < -0.39 is 5.41 Å². The number of nitrogens with two attached hydrogens (primary N) is 1. The van der Waals surface area contributed by atoms with Crippen molar-refractivity contribution in [2.24, 2.45) is 22.2 Å². The van der Waals surface area contributed by atoms with Gasteiger partial charge in [0, 0.05) is 19.3 Å². The molecule has 0 radical (unpaired) electrons. The molecule has 2 atom stereocenters. The Labute approximate surface area is 120 Å². The van der Waals surface area contributed by atoms with Crippen LogP contribution in [-0.4, -0.2) is 36.2 Å². The molecule has 1 aliphatic rings. The molecule has 0 spiro atoms. The minimum Gasteiger partial charge on any atom is -0.409 e. The first-order valence-electron chi connectivity index (χ1n) is 7.33. The molecule has 0 aromatic rings. The highest BCUT2D eigenvalue weighted by Crippen LogP contribution is 2.31. The molecule has 0 bridgehead atoms. The van der Waals surface area contributed by atoms with Crippen molar-refractivity contribution in [3.63, 3.8) is 0 Å². The summed E-state index contributed by atoms with van der Waals surface area (Å²) in [7, 11) is 0. The first-order chi connectivity index (χ1) is 9.46. The maximum Gasteiger partial charge on any atom is 0.234 e. The zero-order valence-electron chi connectivity index (χ0n) is 12.7. The topological polar surface area (TPSA) is 96.9 Å². The summed E-state index contributed by atoms with van der Waals surface area (Å²) in [5.41, 5.74) is 4.84. The molecule has 1 aliphatic heterocycles. The molecule has 1 fully saturated rings. The van der Waals surface area contributed by atoms with Gasteiger partial charge in [-0.05, 0) is 32.1 Å². The van der Waals surface area contributed by atoms with Crippen LogP contribution in [0.3, 0.4) is 0 Å². The first kappa shape index (κ1) is 16.8. The monoisotopic (exact) mass is 285 g/mol. The molecule has 2 unspecified atom stereocenters. The van der Waals surface area contributed by atoms with Crippen LogP contribution in [0.25, 0.3) is 0 Å². The summed E-state index contributed by atoms with van der Waals surface area (Å²) >= 11 is 0. The number of hydrogen-bond acceptors (Lipinski definition) is 4. The van der Waals surface area contributed by atoms with Gasteiger partial charge in [-0.1, -0.05) is 25.4 Å². The predicted octanol–water partition coefficient (Wildman–Crippen LogP) is 1.47. The van der Waals surface area contributed by atoms with Gasteiger partial charge in [-0.2, -0.15) is 0 Å². The summed E-state index contributed by atoms with van der Waals surface area (Å²) in [5, 5.41) is 15.0. The average Bonchev–Trinajstić information content (AvgIpc) is 2.46. The molecule has 6 heteroatoms. The number of carbonyl (C=O) groups is 1. The van der Waals surface area contributed by atoms with E-state index in [2.05, 4.69) is 24.3 Å². The van der Waals surface area contributed by atoms with Crippen molar-refractivity contribution in [3.05, 3.63) is 0 Å². The van der Waals surface area contributed by atoms with Crippen LogP contribution in [0.15, 0.2) is 5.16 Å². The molecule has 1 rings (SSSR count). The number of nitrogens with zero attached hydrogens (tertiary/aromatic N) is 1. The highest BCUT2D eigenvalue weighted by molar-refractivity contribution is 6.06. The Hall–Kier alpha value is -1.30. The third kappa shape index (κ3) is 3.85. The lowest BCUT2D eigenvalue weighted by Gasteiger charge is -2.35. The van der Waals surface area contributed by atoms with Gasteiger partial charge in [0.15, 0.2) is 5.84 Å². The molecule has 0 aliphatic carbocycles. The molecule has 0 saturated carbocycles. The van der Waals surface area contributed by atoms with Gasteiger partial charge >= 0.3 is 0 Å². The van der Waals surface area contributed by atoms with Crippen LogP contribution in [0.2, 0.25) is 0 Å². The molecule has 116 valence electrons. The van der Waals surface area contributed by atoms with Gasteiger partial charge < -0.3 is 21.0 Å². The number of amides is 1. The van der Waals surface area contributed by atoms with Gasteiger partial charge in [-0.25, -0.2) is 0 Å². The Bertz CT molecular complexity index is 352. The fourth-order valence-corrected chi connectivity index (χ4v) is 2.61. The zero-order valence-corrected chi connectivity index (χ0v) is 12.7. The number of amidine groups is 1. The van der Waals surface area contributed by atoms with Gasteiger partial charge in [-0.15, -0.1) is 0 Å². The largest absolute Gasteiger partial charge is 0.409 e. The lowest BCUT2D eigenvalue weighted by atomic mass is 9.78. The van der Waals surface area contributed by atoms with Crippen LogP contribution >= 0.6 is 0 Å². The minimum absolute atomic E-state index is 0.0194. The normalized spacial score (nSPS) is 22.1. The zero-order chi connectivity index (χ0) is 15.2. The van der Waals surface area contributed by atoms with E-state index in [1.165, 1.54) is 0 Å². The molecular weight excluding hydrogens is 258 g/mol. The molecule has 1 amide bonds. The van der Waals surface area contributed by atoms with Crippen LogP contribution in [0.5, 0.6) is 0 Å². The first-order valence-corrected chi connectivity index (χ1v) is 7.33. The van der Waals surface area contributed by atoms with E-state index >= 15 is 0 Å². The second kappa shape index (κ2) is 7.47. The van der Waals surface area contributed by atoms with Gasteiger partial charge in [0.05, 0.1) is 0 Å². The van der Waals surface area contributed by atoms with E-state index in [-0.39, 0.29) is 17.8 Å². The van der Waals surface area contributed by atoms with E-state index in [1.54, 1.807) is 0 Å². The quantitative estimate of drug-likeness (QED) is 0.298. The predicted molar refractivity (Wildman–Crippen MR) is 77.6 cm³/mol. The average molecular weight is 285 g/mol. The van der Waals surface area contributed by atoms with E-state index in [1.807, 2.05) is 6.92 Å². The van der Waals surface area contributed by atoms with Crippen molar-refractivity contribution in [2.45, 2.75) is 52.5 Å². The summed E-state index contributed by atoms with van der Waals surface area (Å²) in [5.74, 6) is 0.376. The number of carbonyl (C=O) groups excluding carboxylic acids is 1. The summed E-state index contributed by atoms with van der Waals surface area (Å²) in [6, 6.07) is 0.0728. The Morgan fingerprint density at radius 2 is 2.05 bits per heavy atom. The SMILES string of the molecule is CCC(C)CC(C)NC(=O)C1(C(N)=NO)CCOCC1. The van der Waals surface area contributed by atoms with Crippen molar-refractivity contribution < 1.29 is 14.7 Å². The fourth-order valence-electron chi connectivity index (χ4n) is 2.61. The fraction of sp³-hybridized carbons (Fsp3) is 0.857. The summed E-state index contributed by atoms with van der Waals surface area (Å²) in [6.45, 7) is 7.18. The molecule has 0 aromatic carbocycles. The molecule has 1 saturated heterocycles. The maximum absolute atomic E-state index is 12.6.